The van der Waals surface area contributed by atoms with Crippen molar-refractivity contribution >= 4 is 22.9 Å². The molecule has 1 N–H and O–H groups in total. The van der Waals surface area contributed by atoms with Gasteiger partial charge < -0.3 is 15.0 Å². The Kier molecular flexibility index (Phi) is 4.59. The summed E-state index contributed by atoms with van der Waals surface area (Å²) in [7, 11) is 1.93. The number of ether oxygens (including phenoxy) is 1. The number of nitrogens with zero attached hydrogens (tertiary/aromatic N) is 3. The van der Waals surface area contributed by atoms with Gasteiger partial charge in [-0.2, -0.15) is 5.10 Å². The van der Waals surface area contributed by atoms with Crippen molar-refractivity contribution in [1.82, 2.24) is 20.0 Å². The van der Waals surface area contributed by atoms with Gasteiger partial charge in [0.1, 0.15) is 5.60 Å². The fraction of sp³-hybridized carbons (Fsp3) is 0.591. The highest BCUT2D eigenvalue weighted by Crippen LogP contribution is 2.52. The zero-order valence-corrected chi connectivity index (χ0v) is 18.0. The number of aryl methyl sites for hydroxylation is 2. The van der Waals surface area contributed by atoms with Gasteiger partial charge in [-0.25, -0.2) is 4.79 Å². The molecule has 1 aromatic heterocycles. The quantitative estimate of drug-likeness (QED) is 0.862. The van der Waals surface area contributed by atoms with Crippen LogP contribution in [0.4, 0.5) is 4.79 Å². The number of hydrogen-bond donors (Lipinski definition) is 1. The van der Waals surface area contributed by atoms with Gasteiger partial charge in [0.05, 0.1) is 17.3 Å². The average Bonchev–Trinajstić information content (AvgIpc) is 2.95. The Morgan fingerprint density at radius 1 is 1.24 bits per heavy atom. The standard InChI is InChI=1S/C22H30N4O3/c1-12-8-7-9-14-18(24-25(6)19(12)14)13(2)23-20(27)17-15-10-26(11-16(15)17)21(28)29-22(3,4)5/h7-9,13,15-17H,10-11H2,1-6H3,(H,23,27). The molecule has 3 atom stereocenters. The first-order chi connectivity index (χ1) is 13.6. The number of aromatic nitrogens is 2. The van der Waals surface area contributed by atoms with Crippen LogP contribution in [0.15, 0.2) is 18.2 Å². The van der Waals surface area contributed by atoms with E-state index in [-0.39, 0.29) is 35.8 Å². The molecule has 2 fully saturated rings. The zero-order valence-electron chi connectivity index (χ0n) is 18.0. The molecular weight excluding hydrogens is 368 g/mol. The number of piperidine rings is 1. The Hall–Kier alpha value is -2.57. The Morgan fingerprint density at radius 3 is 2.52 bits per heavy atom. The van der Waals surface area contributed by atoms with Crippen molar-refractivity contribution in [2.24, 2.45) is 24.8 Å². The fourth-order valence-corrected chi connectivity index (χ4v) is 4.65. The van der Waals surface area contributed by atoms with Crippen LogP contribution in [0.3, 0.4) is 0 Å². The van der Waals surface area contributed by atoms with Crippen LogP contribution < -0.4 is 5.32 Å². The summed E-state index contributed by atoms with van der Waals surface area (Å²) in [5, 5.41) is 8.88. The van der Waals surface area contributed by atoms with E-state index in [1.165, 1.54) is 5.56 Å². The molecule has 1 aliphatic carbocycles. The zero-order chi connectivity index (χ0) is 21.1. The minimum atomic E-state index is -0.500. The van der Waals surface area contributed by atoms with Crippen LogP contribution in [-0.2, 0) is 16.6 Å². The smallest absolute Gasteiger partial charge is 0.410 e. The molecule has 1 saturated heterocycles. The van der Waals surface area contributed by atoms with E-state index >= 15 is 0 Å². The second-order valence-corrected chi connectivity index (χ2v) is 9.45. The lowest BCUT2D eigenvalue weighted by molar-refractivity contribution is -0.124. The largest absolute Gasteiger partial charge is 0.444 e. The molecule has 1 aliphatic heterocycles. The van der Waals surface area contributed by atoms with Gasteiger partial charge in [-0.3, -0.25) is 9.48 Å². The molecule has 2 amide bonds. The lowest BCUT2D eigenvalue weighted by Gasteiger charge is -2.26. The summed E-state index contributed by atoms with van der Waals surface area (Å²) < 4.78 is 7.32. The average molecular weight is 399 g/mol. The molecule has 2 aromatic rings. The molecular formula is C22H30N4O3. The van der Waals surface area contributed by atoms with Crippen LogP contribution in [0, 0.1) is 24.7 Å². The first-order valence-corrected chi connectivity index (χ1v) is 10.3. The Labute approximate surface area is 171 Å². The van der Waals surface area contributed by atoms with Gasteiger partial charge in [0.15, 0.2) is 0 Å². The maximum Gasteiger partial charge on any atom is 0.410 e. The van der Waals surface area contributed by atoms with Crippen LogP contribution in [0.25, 0.3) is 10.9 Å². The predicted octanol–water partition coefficient (Wildman–Crippen LogP) is 3.17. The third-order valence-corrected chi connectivity index (χ3v) is 6.01. The van der Waals surface area contributed by atoms with Crippen molar-refractivity contribution in [3.8, 4) is 0 Å². The third-order valence-electron chi connectivity index (χ3n) is 6.01. The van der Waals surface area contributed by atoms with Crippen LogP contribution in [0.2, 0.25) is 0 Å². The molecule has 156 valence electrons. The molecule has 2 heterocycles. The molecule has 0 spiro atoms. The van der Waals surface area contributed by atoms with Crippen molar-refractivity contribution < 1.29 is 14.3 Å². The molecule has 7 nitrogen and oxygen atoms in total. The van der Waals surface area contributed by atoms with Gasteiger partial charge in [0, 0.05) is 31.4 Å². The maximum absolute atomic E-state index is 12.8. The highest BCUT2D eigenvalue weighted by atomic mass is 16.6. The van der Waals surface area contributed by atoms with Crippen molar-refractivity contribution in [2.45, 2.75) is 46.3 Å². The first kappa shape index (κ1) is 19.7. The molecule has 7 heteroatoms. The molecule has 1 aromatic carbocycles. The topological polar surface area (TPSA) is 76.5 Å². The van der Waals surface area contributed by atoms with Gasteiger partial charge in [0.2, 0.25) is 5.91 Å². The van der Waals surface area contributed by atoms with Crippen LogP contribution in [-0.4, -0.2) is 45.4 Å². The van der Waals surface area contributed by atoms with Crippen molar-refractivity contribution in [3.63, 3.8) is 0 Å². The van der Waals surface area contributed by atoms with E-state index in [9.17, 15) is 9.59 Å². The highest BCUT2D eigenvalue weighted by Gasteiger charge is 2.60. The second-order valence-electron chi connectivity index (χ2n) is 9.45. The summed E-state index contributed by atoms with van der Waals surface area (Å²) in [6.07, 6.45) is -0.285. The van der Waals surface area contributed by atoms with E-state index in [4.69, 9.17) is 4.74 Å². The van der Waals surface area contributed by atoms with Gasteiger partial charge >= 0.3 is 6.09 Å². The lowest BCUT2D eigenvalue weighted by Crippen LogP contribution is -2.39. The molecule has 3 unspecified atom stereocenters. The second kappa shape index (κ2) is 6.75. The number of carbonyl (C=O) groups is 2. The maximum atomic E-state index is 12.8. The highest BCUT2D eigenvalue weighted by molar-refractivity contribution is 5.87. The molecule has 2 aliphatic rings. The Bertz CT molecular complexity index is 962. The van der Waals surface area contributed by atoms with E-state index < -0.39 is 5.60 Å². The van der Waals surface area contributed by atoms with E-state index in [1.54, 1.807) is 4.90 Å². The van der Waals surface area contributed by atoms with Gasteiger partial charge in [-0.1, -0.05) is 18.2 Å². The summed E-state index contributed by atoms with van der Waals surface area (Å²) in [5.41, 5.74) is 2.65. The number of carbonyl (C=O) groups excluding carboxylic acids is 2. The fourth-order valence-electron chi connectivity index (χ4n) is 4.65. The SMILES string of the molecule is Cc1cccc2c(C(C)NC(=O)C3C4CN(C(=O)OC(C)(C)C)CC43)nn(C)c12. The number of hydrogen-bond acceptors (Lipinski definition) is 4. The van der Waals surface area contributed by atoms with E-state index in [0.29, 0.717) is 13.1 Å². The van der Waals surface area contributed by atoms with E-state index in [0.717, 1.165) is 16.6 Å². The van der Waals surface area contributed by atoms with E-state index in [1.807, 2.05) is 45.5 Å². The van der Waals surface area contributed by atoms with Crippen molar-refractivity contribution in [3.05, 3.63) is 29.5 Å². The number of rotatable bonds is 3. The van der Waals surface area contributed by atoms with Crippen LogP contribution in [0.1, 0.15) is 45.0 Å². The first-order valence-electron chi connectivity index (χ1n) is 10.3. The summed E-state index contributed by atoms with van der Waals surface area (Å²) in [6, 6.07) is 5.97. The Balaban J connectivity index is 1.38. The number of nitrogens with one attached hydrogen (secondary N) is 1. The molecule has 1 saturated carbocycles. The third kappa shape index (κ3) is 3.58. The van der Waals surface area contributed by atoms with Gasteiger partial charge in [-0.05, 0) is 52.0 Å². The summed E-state index contributed by atoms with van der Waals surface area (Å²) in [6.45, 7) is 10.8. The van der Waals surface area contributed by atoms with Crippen molar-refractivity contribution in [2.75, 3.05) is 13.1 Å². The van der Waals surface area contributed by atoms with Crippen LogP contribution >= 0.6 is 0 Å². The predicted molar refractivity (Wildman–Crippen MR) is 110 cm³/mol. The van der Waals surface area contributed by atoms with Crippen molar-refractivity contribution in [1.29, 1.82) is 0 Å². The summed E-state index contributed by atoms with van der Waals surface area (Å²) in [5.74, 6) is 0.505. The van der Waals surface area contributed by atoms with Gasteiger partial charge in [0.25, 0.3) is 0 Å². The number of para-hydroxylation sites is 1. The molecule has 29 heavy (non-hydrogen) atoms. The molecule has 4 rings (SSSR count). The minimum Gasteiger partial charge on any atom is -0.444 e. The normalized spacial score (nSPS) is 24.3. The minimum absolute atomic E-state index is 0.0205. The summed E-state index contributed by atoms with van der Waals surface area (Å²) >= 11 is 0. The van der Waals surface area contributed by atoms with Crippen LogP contribution in [0.5, 0.6) is 0 Å². The van der Waals surface area contributed by atoms with E-state index in [2.05, 4.69) is 29.5 Å². The van der Waals surface area contributed by atoms with Gasteiger partial charge in [-0.15, -0.1) is 0 Å². The Morgan fingerprint density at radius 2 is 1.90 bits per heavy atom. The monoisotopic (exact) mass is 398 g/mol. The number of benzene rings is 1. The number of amides is 2. The summed E-state index contributed by atoms with van der Waals surface area (Å²) in [4.78, 5) is 26.8. The molecule has 0 radical (unpaired) electrons. The number of likely N-dealkylation sites (tertiary alicyclic amines) is 1. The molecule has 0 bridgehead atoms. The number of fused-ring (bicyclic) bond motifs is 2. The lowest BCUT2D eigenvalue weighted by atomic mass is 10.1.